The highest BCUT2D eigenvalue weighted by atomic mass is 16.5. The summed E-state index contributed by atoms with van der Waals surface area (Å²) in [6.07, 6.45) is 0.961. The minimum atomic E-state index is -0.636. The molecule has 0 spiro atoms. The fraction of sp³-hybridized carbons (Fsp3) is 0.333. The number of hydrogen-bond acceptors (Lipinski definition) is 7. The van der Waals surface area contributed by atoms with Gasteiger partial charge < -0.3 is 10.5 Å². The summed E-state index contributed by atoms with van der Waals surface area (Å²) >= 11 is 0. The summed E-state index contributed by atoms with van der Waals surface area (Å²) in [7, 11) is 1.26. The van der Waals surface area contributed by atoms with E-state index in [0.29, 0.717) is 23.4 Å². The van der Waals surface area contributed by atoms with Gasteiger partial charge in [-0.3, -0.25) is 5.43 Å². The van der Waals surface area contributed by atoms with E-state index in [9.17, 15) is 4.79 Å². The number of carbonyl (C=O) groups excluding carboxylic acids is 1. The molecule has 0 saturated heterocycles. The van der Waals surface area contributed by atoms with Crippen LogP contribution < -0.4 is 16.6 Å². The summed E-state index contributed by atoms with van der Waals surface area (Å²) in [6, 6.07) is 0. The molecule has 0 aliphatic heterocycles. The summed E-state index contributed by atoms with van der Waals surface area (Å²) in [5.74, 6) is 0.453. The van der Waals surface area contributed by atoms with Gasteiger partial charge in [0.2, 0.25) is 5.95 Å². The third-order valence-corrected chi connectivity index (χ3v) is 2.28. The quantitative estimate of drug-likeness (QED) is 0.662. The first-order chi connectivity index (χ1) is 8.65. The van der Waals surface area contributed by atoms with Gasteiger partial charge in [-0.05, 0) is 6.92 Å². The Bertz CT molecular complexity index is 580. The van der Waals surface area contributed by atoms with Crippen LogP contribution in [0.15, 0.2) is 6.20 Å². The lowest BCUT2D eigenvalue weighted by Gasteiger charge is -2.08. The number of aryl methyl sites for hydroxylation is 1. The van der Waals surface area contributed by atoms with Crippen molar-refractivity contribution in [2.75, 3.05) is 18.3 Å². The number of nitrogen functional groups attached to an aromatic ring is 1. The molecule has 2 heterocycles. The number of methoxy groups -OCH3 is 1. The highest BCUT2D eigenvalue weighted by Crippen LogP contribution is 2.20. The van der Waals surface area contributed by atoms with Gasteiger partial charge >= 0.3 is 6.09 Å². The molecule has 4 N–H and O–H groups in total. The zero-order chi connectivity index (χ0) is 13.1. The molecule has 96 valence electrons. The monoisotopic (exact) mass is 251 g/mol. The molecular formula is C9H13N7O2. The van der Waals surface area contributed by atoms with Gasteiger partial charge in [-0.25, -0.2) is 14.9 Å². The van der Waals surface area contributed by atoms with Crippen LogP contribution in [-0.2, 0) is 11.3 Å². The highest BCUT2D eigenvalue weighted by Gasteiger charge is 2.11. The molecule has 9 nitrogen and oxygen atoms in total. The maximum Gasteiger partial charge on any atom is 0.425 e. The van der Waals surface area contributed by atoms with Gasteiger partial charge in [0.15, 0.2) is 11.5 Å². The van der Waals surface area contributed by atoms with Crippen LogP contribution >= 0.6 is 0 Å². The summed E-state index contributed by atoms with van der Waals surface area (Å²) in [4.78, 5) is 19.1. The minimum absolute atomic E-state index is 0.0897. The summed E-state index contributed by atoms with van der Waals surface area (Å²) in [5.41, 5.74) is 11.1. The Labute approximate surface area is 102 Å². The lowest BCUT2D eigenvalue weighted by molar-refractivity contribution is 0.173. The van der Waals surface area contributed by atoms with Crippen molar-refractivity contribution < 1.29 is 9.53 Å². The topological polar surface area (TPSA) is 120 Å². The summed E-state index contributed by atoms with van der Waals surface area (Å²) < 4.78 is 6.11. The molecule has 0 aliphatic rings. The largest absolute Gasteiger partial charge is 0.452 e. The number of ether oxygens (including phenoxy) is 1. The molecule has 0 atom stereocenters. The number of fused-ring (bicyclic) bond motifs is 1. The molecule has 0 bridgehead atoms. The minimum Gasteiger partial charge on any atom is -0.452 e. The third kappa shape index (κ3) is 2.10. The van der Waals surface area contributed by atoms with Crippen LogP contribution in [0.5, 0.6) is 0 Å². The number of rotatable bonds is 3. The second-order valence-electron chi connectivity index (χ2n) is 3.37. The van der Waals surface area contributed by atoms with Crippen molar-refractivity contribution in [2.45, 2.75) is 13.5 Å². The molecule has 2 aromatic rings. The SMILES string of the molecule is CCn1ncc2c(NNC(=O)OC)nc(N)nc21. The van der Waals surface area contributed by atoms with E-state index in [4.69, 9.17) is 5.73 Å². The molecule has 2 aromatic heterocycles. The number of amides is 1. The van der Waals surface area contributed by atoms with Crippen molar-refractivity contribution in [3.63, 3.8) is 0 Å². The normalized spacial score (nSPS) is 10.3. The molecule has 9 heteroatoms. The van der Waals surface area contributed by atoms with Gasteiger partial charge in [0.25, 0.3) is 0 Å². The Morgan fingerprint density at radius 2 is 2.33 bits per heavy atom. The first-order valence-electron chi connectivity index (χ1n) is 5.24. The maximum atomic E-state index is 11.0. The van der Waals surface area contributed by atoms with E-state index in [1.54, 1.807) is 10.9 Å². The van der Waals surface area contributed by atoms with E-state index < -0.39 is 6.09 Å². The lowest BCUT2D eigenvalue weighted by atomic mass is 10.4. The van der Waals surface area contributed by atoms with Crippen molar-refractivity contribution in [2.24, 2.45) is 0 Å². The molecule has 0 unspecified atom stereocenters. The van der Waals surface area contributed by atoms with Crippen LogP contribution in [-0.4, -0.2) is 33.0 Å². The number of nitrogens with one attached hydrogen (secondary N) is 2. The fourth-order valence-electron chi connectivity index (χ4n) is 1.46. The molecule has 0 aromatic carbocycles. The van der Waals surface area contributed by atoms with E-state index >= 15 is 0 Å². The van der Waals surface area contributed by atoms with Crippen LogP contribution in [0, 0.1) is 0 Å². The van der Waals surface area contributed by atoms with E-state index in [1.165, 1.54) is 7.11 Å². The third-order valence-electron chi connectivity index (χ3n) is 2.28. The molecule has 0 fully saturated rings. The Kier molecular flexibility index (Phi) is 3.13. The number of hydrogen-bond donors (Lipinski definition) is 3. The number of carbonyl (C=O) groups is 1. The van der Waals surface area contributed by atoms with Crippen LogP contribution in [0.1, 0.15) is 6.92 Å². The van der Waals surface area contributed by atoms with E-state index in [2.05, 4.69) is 30.7 Å². The van der Waals surface area contributed by atoms with Gasteiger partial charge in [-0.15, -0.1) is 0 Å². The standard InChI is InChI=1S/C9H13N7O2/c1-3-16-7-5(4-11-16)6(12-8(10)13-7)14-15-9(17)18-2/h4H,3H2,1-2H3,(H,15,17)(H3,10,12,13,14). The Morgan fingerprint density at radius 3 is 3.00 bits per heavy atom. The van der Waals surface area contributed by atoms with Gasteiger partial charge in [0.1, 0.15) is 0 Å². The molecule has 0 radical (unpaired) electrons. The first kappa shape index (κ1) is 11.9. The second-order valence-corrected chi connectivity index (χ2v) is 3.37. The molecular weight excluding hydrogens is 238 g/mol. The number of hydrazine groups is 1. The maximum absolute atomic E-state index is 11.0. The van der Waals surface area contributed by atoms with Crippen LogP contribution in [0.3, 0.4) is 0 Å². The molecule has 18 heavy (non-hydrogen) atoms. The fourth-order valence-corrected chi connectivity index (χ4v) is 1.46. The van der Waals surface area contributed by atoms with E-state index in [0.717, 1.165) is 0 Å². The Hall–Kier alpha value is -2.58. The molecule has 2 rings (SSSR count). The van der Waals surface area contributed by atoms with Crippen LogP contribution in [0.2, 0.25) is 0 Å². The zero-order valence-corrected chi connectivity index (χ0v) is 9.97. The Morgan fingerprint density at radius 1 is 1.56 bits per heavy atom. The molecule has 0 saturated carbocycles. The predicted molar refractivity (Wildman–Crippen MR) is 64.6 cm³/mol. The number of aromatic nitrogens is 4. The van der Waals surface area contributed by atoms with Gasteiger partial charge in [0.05, 0.1) is 18.7 Å². The van der Waals surface area contributed by atoms with Gasteiger partial charge in [-0.2, -0.15) is 15.1 Å². The molecule has 1 amide bonds. The van der Waals surface area contributed by atoms with Crippen molar-refractivity contribution in [3.05, 3.63) is 6.20 Å². The lowest BCUT2D eigenvalue weighted by Crippen LogP contribution is -2.29. The van der Waals surface area contributed by atoms with Crippen molar-refractivity contribution >= 4 is 28.9 Å². The second kappa shape index (κ2) is 4.73. The number of anilines is 2. The van der Waals surface area contributed by atoms with Gasteiger partial charge in [-0.1, -0.05) is 0 Å². The zero-order valence-electron chi connectivity index (χ0n) is 9.97. The average molecular weight is 251 g/mol. The van der Waals surface area contributed by atoms with E-state index in [1.807, 2.05) is 6.92 Å². The van der Waals surface area contributed by atoms with Crippen LogP contribution in [0.4, 0.5) is 16.6 Å². The first-order valence-corrected chi connectivity index (χ1v) is 5.24. The van der Waals surface area contributed by atoms with Crippen molar-refractivity contribution in [3.8, 4) is 0 Å². The molecule has 0 aliphatic carbocycles. The Balaban J connectivity index is 2.37. The highest BCUT2D eigenvalue weighted by molar-refractivity contribution is 5.88. The van der Waals surface area contributed by atoms with E-state index in [-0.39, 0.29) is 5.95 Å². The number of nitrogens with two attached hydrogens (primary N) is 1. The van der Waals surface area contributed by atoms with Crippen LogP contribution in [0.25, 0.3) is 11.0 Å². The smallest absolute Gasteiger partial charge is 0.425 e. The predicted octanol–water partition coefficient (Wildman–Crippen LogP) is 0.111. The average Bonchev–Trinajstić information content (AvgIpc) is 2.78. The van der Waals surface area contributed by atoms with Gasteiger partial charge in [0, 0.05) is 6.54 Å². The van der Waals surface area contributed by atoms with Crippen molar-refractivity contribution in [1.29, 1.82) is 0 Å². The summed E-state index contributed by atoms with van der Waals surface area (Å²) in [6.45, 7) is 2.59. The summed E-state index contributed by atoms with van der Waals surface area (Å²) in [5, 5.41) is 4.79. The number of nitrogens with zero attached hydrogens (tertiary/aromatic N) is 4. The van der Waals surface area contributed by atoms with Crippen molar-refractivity contribution in [1.82, 2.24) is 25.2 Å².